The van der Waals surface area contributed by atoms with E-state index in [0.717, 1.165) is 13.0 Å². The molecule has 0 bridgehead atoms. The summed E-state index contributed by atoms with van der Waals surface area (Å²) in [7, 11) is 0. The topological polar surface area (TPSA) is 12.0 Å². The maximum absolute atomic E-state index is 5.43. The minimum Gasteiger partial charge on any atom is -0.233 e. The van der Waals surface area contributed by atoms with Crippen LogP contribution in [0, 0.1) is 0 Å². The molecule has 82 valence electrons. The van der Waals surface area contributed by atoms with Crippen LogP contribution in [0.4, 0.5) is 0 Å². The van der Waals surface area contributed by atoms with Gasteiger partial charge in [-0.15, -0.1) is 0 Å². The van der Waals surface area contributed by atoms with Crippen molar-refractivity contribution in [2.45, 2.75) is 6.42 Å². The van der Waals surface area contributed by atoms with Gasteiger partial charge in [0.15, 0.2) is 0 Å². The van der Waals surface area contributed by atoms with Gasteiger partial charge in [-0.2, -0.15) is 0 Å². The van der Waals surface area contributed by atoms with Crippen molar-refractivity contribution in [1.29, 1.82) is 0 Å². The first kappa shape index (κ1) is 11.2. The zero-order valence-corrected chi connectivity index (χ0v) is 9.74. The molecule has 0 amide bonds. The molecule has 0 radical (unpaired) electrons. The van der Waals surface area contributed by atoms with Crippen molar-refractivity contribution in [3.05, 3.63) is 60.2 Å². The van der Waals surface area contributed by atoms with Crippen LogP contribution in [0.3, 0.4) is 0 Å². The second-order valence-corrected chi connectivity index (χ2v) is 3.96. The molecule has 2 heteroatoms. The van der Waals surface area contributed by atoms with Crippen molar-refractivity contribution in [2.75, 3.05) is 6.54 Å². The number of hydrogen-bond acceptors (Lipinski definition) is 1. The summed E-state index contributed by atoms with van der Waals surface area (Å²) in [5, 5.41) is 0. The molecule has 0 saturated heterocycles. The predicted molar refractivity (Wildman–Crippen MR) is 69.4 cm³/mol. The van der Waals surface area contributed by atoms with E-state index in [9.17, 15) is 0 Å². The van der Waals surface area contributed by atoms with Crippen LogP contribution in [0.25, 0.3) is 11.1 Å². The Bertz CT molecular complexity index is 422. The second-order valence-electron chi connectivity index (χ2n) is 3.70. The molecule has 0 aliphatic heterocycles. The maximum atomic E-state index is 5.43. The molecule has 0 saturated carbocycles. The molecule has 1 nitrogen and oxygen atoms in total. The molecule has 0 atom stereocenters. The van der Waals surface area contributed by atoms with E-state index >= 15 is 0 Å². The van der Waals surface area contributed by atoms with E-state index in [0.29, 0.717) is 0 Å². The summed E-state index contributed by atoms with van der Waals surface area (Å²) in [6.45, 7) is 0.798. The lowest BCUT2D eigenvalue weighted by Gasteiger charge is -2.03. The van der Waals surface area contributed by atoms with E-state index in [-0.39, 0.29) is 0 Å². The number of hydrogen-bond donors (Lipinski definition) is 1. The first-order chi connectivity index (χ1) is 7.90. The van der Waals surface area contributed by atoms with E-state index < -0.39 is 0 Å². The Hall–Kier alpha value is -1.31. The van der Waals surface area contributed by atoms with Crippen molar-refractivity contribution in [2.24, 2.45) is 0 Å². The standard InChI is InChI=1S/C14H14ClN/c15-16-11-10-12-6-8-14(9-7-12)13-4-2-1-3-5-13/h1-9,16H,10-11H2. The summed E-state index contributed by atoms with van der Waals surface area (Å²) >= 11 is 5.43. The van der Waals surface area contributed by atoms with Crippen molar-refractivity contribution >= 4 is 11.8 Å². The minimum absolute atomic E-state index is 0.798. The lowest BCUT2D eigenvalue weighted by atomic mass is 10.0. The lowest BCUT2D eigenvalue weighted by Crippen LogP contribution is -2.03. The Morgan fingerprint density at radius 2 is 1.44 bits per heavy atom. The highest BCUT2D eigenvalue weighted by Gasteiger charge is 1.96. The SMILES string of the molecule is ClNCCc1ccc(-c2ccccc2)cc1. The molecule has 0 aromatic heterocycles. The van der Waals surface area contributed by atoms with Gasteiger partial charge in [-0.1, -0.05) is 54.6 Å². The molecule has 2 aromatic rings. The quantitative estimate of drug-likeness (QED) is 0.793. The van der Waals surface area contributed by atoms with Gasteiger partial charge in [0.05, 0.1) is 0 Å². The minimum atomic E-state index is 0.798. The van der Waals surface area contributed by atoms with Gasteiger partial charge < -0.3 is 0 Å². The second kappa shape index (κ2) is 5.69. The number of rotatable bonds is 4. The van der Waals surface area contributed by atoms with Crippen LogP contribution in [0.5, 0.6) is 0 Å². The fourth-order valence-corrected chi connectivity index (χ4v) is 1.78. The van der Waals surface area contributed by atoms with Gasteiger partial charge in [-0.05, 0) is 34.9 Å². The highest BCUT2D eigenvalue weighted by molar-refractivity contribution is 6.13. The monoisotopic (exact) mass is 231 g/mol. The summed E-state index contributed by atoms with van der Waals surface area (Å²) in [5.41, 5.74) is 3.81. The molecular formula is C14H14ClN. The van der Waals surface area contributed by atoms with E-state index in [4.69, 9.17) is 11.8 Å². The van der Waals surface area contributed by atoms with Crippen LogP contribution in [0.2, 0.25) is 0 Å². The van der Waals surface area contributed by atoms with Crippen LogP contribution in [-0.4, -0.2) is 6.54 Å². The Morgan fingerprint density at radius 3 is 2.06 bits per heavy atom. The van der Waals surface area contributed by atoms with E-state index in [2.05, 4.69) is 53.4 Å². The first-order valence-electron chi connectivity index (χ1n) is 5.38. The Kier molecular flexibility index (Phi) is 3.97. The molecule has 1 N–H and O–H groups in total. The summed E-state index contributed by atoms with van der Waals surface area (Å²) < 4.78 is 0. The fraction of sp³-hybridized carbons (Fsp3) is 0.143. The molecule has 16 heavy (non-hydrogen) atoms. The van der Waals surface area contributed by atoms with Gasteiger partial charge in [0, 0.05) is 6.54 Å². The molecule has 0 heterocycles. The summed E-state index contributed by atoms with van der Waals surface area (Å²) in [5.74, 6) is 0. The summed E-state index contributed by atoms with van der Waals surface area (Å²) in [6, 6.07) is 19.0. The van der Waals surface area contributed by atoms with Gasteiger partial charge in [0.2, 0.25) is 0 Å². The van der Waals surface area contributed by atoms with Crippen molar-refractivity contribution < 1.29 is 0 Å². The lowest BCUT2D eigenvalue weighted by molar-refractivity contribution is 0.899. The number of halogens is 1. The van der Waals surface area contributed by atoms with Gasteiger partial charge in [0.1, 0.15) is 0 Å². The summed E-state index contributed by atoms with van der Waals surface area (Å²) in [4.78, 5) is 2.63. The number of benzene rings is 2. The predicted octanol–water partition coefficient (Wildman–Crippen LogP) is 3.64. The zero-order valence-electron chi connectivity index (χ0n) is 8.99. The highest BCUT2D eigenvalue weighted by atomic mass is 35.5. The van der Waals surface area contributed by atoms with Crippen LogP contribution in [0.15, 0.2) is 54.6 Å². The number of nitrogens with one attached hydrogen (secondary N) is 1. The van der Waals surface area contributed by atoms with E-state index in [1.807, 2.05) is 6.07 Å². The molecule has 0 unspecified atom stereocenters. The van der Waals surface area contributed by atoms with Gasteiger partial charge in [0.25, 0.3) is 0 Å². The Balaban J connectivity index is 2.13. The highest BCUT2D eigenvalue weighted by Crippen LogP contribution is 2.19. The molecule has 0 spiro atoms. The van der Waals surface area contributed by atoms with E-state index in [1.54, 1.807) is 0 Å². The summed E-state index contributed by atoms with van der Waals surface area (Å²) in [6.07, 6.45) is 0.957. The van der Waals surface area contributed by atoms with Gasteiger partial charge in [-0.25, -0.2) is 4.84 Å². The fourth-order valence-electron chi connectivity index (χ4n) is 1.69. The van der Waals surface area contributed by atoms with E-state index in [1.165, 1.54) is 16.7 Å². The first-order valence-corrected chi connectivity index (χ1v) is 5.76. The molecule has 0 fully saturated rings. The van der Waals surface area contributed by atoms with Crippen LogP contribution in [0.1, 0.15) is 5.56 Å². The largest absolute Gasteiger partial charge is 0.233 e. The molecule has 0 aliphatic carbocycles. The smallest absolute Gasteiger partial charge is 0.0148 e. The Morgan fingerprint density at radius 1 is 0.812 bits per heavy atom. The van der Waals surface area contributed by atoms with Crippen molar-refractivity contribution in [3.63, 3.8) is 0 Å². The maximum Gasteiger partial charge on any atom is 0.0148 e. The third-order valence-electron chi connectivity index (χ3n) is 2.57. The van der Waals surface area contributed by atoms with Gasteiger partial charge >= 0.3 is 0 Å². The molecular weight excluding hydrogens is 218 g/mol. The van der Waals surface area contributed by atoms with Crippen LogP contribution in [-0.2, 0) is 6.42 Å². The van der Waals surface area contributed by atoms with Gasteiger partial charge in [-0.3, -0.25) is 0 Å². The molecule has 2 rings (SSSR count). The van der Waals surface area contributed by atoms with Crippen LogP contribution < -0.4 is 4.84 Å². The third-order valence-corrected chi connectivity index (χ3v) is 2.76. The average molecular weight is 232 g/mol. The normalized spacial score (nSPS) is 10.3. The zero-order chi connectivity index (χ0) is 11.2. The third kappa shape index (κ3) is 2.84. The average Bonchev–Trinajstić information content (AvgIpc) is 2.38. The van der Waals surface area contributed by atoms with Crippen molar-refractivity contribution in [1.82, 2.24) is 4.84 Å². The van der Waals surface area contributed by atoms with Crippen molar-refractivity contribution in [3.8, 4) is 11.1 Å². The molecule has 0 aliphatic rings. The molecule has 2 aromatic carbocycles. The Labute approximate surface area is 101 Å². The van der Waals surface area contributed by atoms with Crippen LogP contribution >= 0.6 is 11.8 Å².